The first-order chi connectivity index (χ1) is 8.52. The van der Waals surface area contributed by atoms with Gasteiger partial charge in [-0.3, -0.25) is 4.79 Å². The summed E-state index contributed by atoms with van der Waals surface area (Å²) in [6.07, 6.45) is 3.57. The van der Waals surface area contributed by atoms with Crippen LogP contribution in [0.1, 0.15) is 41.6 Å². The van der Waals surface area contributed by atoms with Crippen molar-refractivity contribution in [1.29, 1.82) is 0 Å². The van der Waals surface area contributed by atoms with Crippen molar-refractivity contribution in [2.24, 2.45) is 0 Å². The molecule has 0 aromatic heterocycles. The van der Waals surface area contributed by atoms with Crippen molar-refractivity contribution in [2.45, 2.75) is 38.2 Å². The van der Waals surface area contributed by atoms with Gasteiger partial charge >= 0.3 is 0 Å². The SMILES string of the molecule is Cc1cccc(C(=O)NCC2(O)CCCC2)c1N. The molecule has 18 heavy (non-hydrogen) atoms. The van der Waals surface area contributed by atoms with E-state index >= 15 is 0 Å². The first kappa shape index (κ1) is 12.9. The highest BCUT2D eigenvalue weighted by Gasteiger charge is 2.31. The molecule has 1 saturated carbocycles. The van der Waals surface area contributed by atoms with Crippen LogP contribution in [0.5, 0.6) is 0 Å². The lowest BCUT2D eigenvalue weighted by Gasteiger charge is -2.22. The number of hydrogen-bond donors (Lipinski definition) is 3. The largest absolute Gasteiger partial charge is 0.398 e. The van der Waals surface area contributed by atoms with Crippen LogP contribution in [-0.2, 0) is 0 Å². The second-order valence-corrected chi connectivity index (χ2v) is 5.15. The van der Waals surface area contributed by atoms with Gasteiger partial charge in [0.2, 0.25) is 0 Å². The molecule has 1 aromatic rings. The molecule has 0 heterocycles. The normalized spacial score (nSPS) is 17.7. The predicted molar refractivity (Wildman–Crippen MR) is 71.3 cm³/mol. The molecule has 98 valence electrons. The summed E-state index contributed by atoms with van der Waals surface area (Å²) in [7, 11) is 0. The van der Waals surface area contributed by atoms with Crippen LogP contribution < -0.4 is 11.1 Å². The molecule has 1 amide bonds. The third kappa shape index (κ3) is 2.64. The molecular formula is C14H20N2O2. The van der Waals surface area contributed by atoms with Gasteiger partial charge in [-0.25, -0.2) is 0 Å². The fraction of sp³-hybridized carbons (Fsp3) is 0.500. The Bertz CT molecular complexity index is 451. The van der Waals surface area contributed by atoms with Gasteiger partial charge in [-0.05, 0) is 31.4 Å². The quantitative estimate of drug-likeness (QED) is 0.711. The van der Waals surface area contributed by atoms with E-state index in [-0.39, 0.29) is 5.91 Å². The fourth-order valence-electron chi connectivity index (χ4n) is 2.43. The Morgan fingerprint density at radius 3 is 2.78 bits per heavy atom. The minimum Gasteiger partial charge on any atom is -0.398 e. The van der Waals surface area contributed by atoms with Gasteiger partial charge in [0.05, 0.1) is 11.2 Å². The van der Waals surface area contributed by atoms with Crippen LogP contribution in [0.4, 0.5) is 5.69 Å². The maximum Gasteiger partial charge on any atom is 0.253 e. The molecule has 4 N–H and O–H groups in total. The number of nitrogen functional groups attached to an aromatic ring is 1. The number of para-hydroxylation sites is 1. The summed E-state index contributed by atoms with van der Waals surface area (Å²) in [4.78, 5) is 12.0. The van der Waals surface area contributed by atoms with Gasteiger partial charge < -0.3 is 16.2 Å². The summed E-state index contributed by atoms with van der Waals surface area (Å²) in [5.41, 5.74) is 7.03. The summed E-state index contributed by atoms with van der Waals surface area (Å²) in [5.74, 6) is -0.212. The Labute approximate surface area is 107 Å². The maximum atomic E-state index is 12.0. The van der Waals surface area contributed by atoms with Gasteiger partial charge in [0.15, 0.2) is 0 Å². The standard InChI is InChI=1S/C14H20N2O2/c1-10-5-4-6-11(12(10)15)13(17)16-9-14(18)7-2-3-8-14/h4-6,18H,2-3,7-9,15H2,1H3,(H,16,17). The number of amides is 1. The van der Waals surface area contributed by atoms with Gasteiger partial charge in [0, 0.05) is 12.2 Å². The number of hydrogen-bond acceptors (Lipinski definition) is 3. The first-order valence-electron chi connectivity index (χ1n) is 6.37. The lowest BCUT2D eigenvalue weighted by atomic mass is 10.0. The highest BCUT2D eigenvalue weighted by molar-refractivity contribution is 5.99. The molecule has 0 aliphatic heterocycles. The van der Waals surface area contributed by atoms with Crippen molar-refractivity contribution in [2.75, 3.05) is 12.3 Å². The van der Waals surface area contributed by atoms with Crippen LogP contribution in [0, 0.1) is 6.92 Å². The van der Waals surface area contributed by atoms with Gasteiger partial charge in [-0.15, -0.1) is 0 Å². The van der Waals surface area contributed by atoms with Gasteiger partial charge in [-0.1, -0.05) is 25.0 Å². The molecule has 0 atom stereocenters. The van der Waals surface area contributed by atoms with Crippen LogP contribution in [0.25, 0.3) is 0 Å². The third-order valence-corrected chi connectivity index (χ3v) is 3.68. The second-order valence-electron chi connectivity index (χ2n) is 5.15. The number of aryl methyl sites for hydroxylation is 1. The van der Waals surface area contributed by atoms with Crippen molar-refractivity contribution < 1.29 is 9.90 Å². The summed E-state index contributed by atoms with van der Waals surface area (Å²) in [6.45, 7) is 2.18. The molecule has 1 aliphatic carbocycles. The molecule has 0 unspecified atom stereocenters. The predicted octanol–water partition coefficient (Wildman–Crippen LogP) is 1.61. The van der Waals surface area contributed by atoms with Crippen LogP contribution in [0.3, 0.4) is 0 Å². The van der Waals surface area contributed by atoms with Crippen molar-refractivity contribution in [3.8, 4) is 0 Å². The molecule has 0 saturated heterocycles. The van der Waals surface area contributed by atoms with Crippen LogP contribution in [0.2, 0.25) is 0 Å². The monoisotopic (exact) mass is 248 g/mol. The molecule has 0 spiro atoms. The Kier molecular flexibility index (Phi) is 3.57. The van der Waals surface area contributed by atoms with E-state index in [1.165, 1.54) is 0 Å². The van der Waals surface area contributed by atoms with E-state index < -0.39 is 5.60 Å². The molecule has 1 aromatic carbocycles. The number of nitrogens with two attached hydrogens (primary N) is 1. The zero-order valence-corrected chi connectivity index (χ0v) is 10.7. The van der Waals surface area contributed by atoms with Crippen molar-refractivity contribution in [3.05, 3.63) is 29.3 Å². The van der Waals surface area contributed by atoms with E-state index in [9.17, 15) is 9.90 Å². The molecule has 4 nitrogen and oxygen atoms in total. The van der Waals surface area contributed by atoms with Gasteiger partial charge in [-0.2, -0.15) is 0 Å². The summed E-state index contributed by atoms with van der Waals surface area (Å²) in [6, 6.07) is 5.39. The highest BCUT2D eigenvalue weighted by Crippen LogP contribution is 2.28. The van der Waals surface area contributed by atoms with Crippen LogP contribution >= 0.6 is 0 Å². The van der Waals surface area contributed by atoms with E-state index in [2.05, 4.69) is 5.32 Å². The third-order valence-electron chi connectivity index (χ3n) is 3.68. The van der Waals surface area contributed by atoms with Crippen molar-refractivity contribution >= 4 is 11.6 Å². The highest BCUT2D eigenvalue weighted by atomic mass is 16.3. The lowest BCUT2D eigenvalue weighted by Crippen LogP contribution is -2.41. The number of nitrogens with one attached hydrogen (secondary N) is 1. The number of rotatable bonds is 3. The minimum atomic E-state index is -0.728. The number of anilines is 1. The summed E-state index contributed by atoms with van der Waals surface area (Å²) in [5, 5.41) is 12.9. The van der Waals surface area contributed by atoms with Crippen molar-refractivity contribution in [3.63, 3.8) is 0 Å². The van der Waals surface area contributed by atoms with E-state index in [1.807, 2.05) is 19.1 Å². The molecule has 0 bridgehead atoms. The van der Waals surface area contributed by atoms with Gasteiger partial charge in [0.25, 0.3) is 5.91 Å². The zero-order chi connectivity index (χ0) is 13.2. The van der Waals surface area contributed by atoms with Gasteiger partial charge in [0.1, 0.15) is 0 Å². The Morgan fingerprint density at radius 2 is 2.11 bits per heavy atom. The molecule has 2 rings (SSSR count). The maximum absolute atomic E-state index is 12.0. The average molecular weight is 248 g/mol. The van der Waals surface area contributed by atoms with Crippen LogP contribution in [0.15, 0.2) is 18.2 Å². The topological polar surface area (TPSA) is 75.3 Å². The number of aliphatic hydroxyl groups is 1. The Balaban J connectivity index is 2.01. The van der Waals surface area contributed by atoms with E-state index in [1.54, 1.807) is 6.07 Å². The smallest absolute Gasteiger partial charge is 0.253 e. The Hall–Kier alpha value is -1.55. The zero-order valence-electron chi connectivity index (χ0n) is 10.7. The molecule has 4 heteroatoms. The summed E-state index contributed by atoms with van der Waals surface area (Å²) < 4.78 is 0. The second kappa shape index (κ2) is 4.98. The molecular weight excluding hydrogens is 228 g/mol. The van der Waals surface area contributed by atoms with E-state index in [0.29, 0.717) is 17.8 Å². The number of carbonyl (C=O) groups is 1. The first-order valence-corrected chi connectivity index (χ1v) is 6.37. The van der Waals surface area contributed by atoms with Crippen LogP contribution in [-0.4, -0.2) is 23.2 Å². The average Bonchev–Trinajstić information content (AvgIpc) is 2.77. The van der Waals surface area contributed by atoms with E-state index in [0.717, 1.165) is 31.2 Å². The Morgan fingerprint density at radius 1 is 1.44 bits per heavy atom. The lowest BCUT2D eigenvalue weighted by molar-refractivity contribution is 0.0450. The molecule has 1 aliphatic rings. The molecule has 1 fully saturated rings. The summed E-state index contributed by atoms with van der Waals surface area (Å²) >= 11 is 0. The minimum absolute atomic E-state index is 0.212. The number of carbonyl (C=O) groups excluding carboxylic acids is 1. The van der Waals surface area contributed by atoms with Crippen molar-refractivity contribution in [1.82, 2.24) is 5.32 Å². The van der Waals surface area contributed by atoms with E-state index in [4.69, 9.17) is 5.73 Å². The molecule has 0 radical (unpaired) electrons. The fourth-order valence-corrected chi connectivity index (χ4v) is 2.43. The number of benzene rings is 1.